The molecule has 0 spiro atoms. The normalized spacial score (nSPS) is 14.4. The Balaban J connectivity index is 1.74. The number of nitrogens with one attached hydrogen (secondary N) is 1. The van der Waals surface area contributed by atoms with Crippen LogP contribution in [-0.4, -0.2) is 43.8 Å². The second-order valence-electron chi connectivity index (χ2n) is 10.3. The van der Waals surface area contributed by atoms with Crippen molar-refractivity contribution in [2.24, 2.45) is 0 Å². The van der Waals surface area contributed by atoms with Crippen molar-refractivity contribution in [3.8, 4) is 0 Å². The van der Waals surface area contributed by atoms with E-state index in [0.717, 1.165) is 41.1 Å². The quantitative estimate of drug-likeness (QED) is 0.272. The molecule has 4 rings (SSSR count). The Morgan fingerprint density at radius 3 is 2.27 bits per heavy atom. The Morgan fingerprint density at radius 2 is 1.63 bits per heavy atom. The van der Waals surface area contributed by atoms with Crippen molar-refractivity contribution >= 4 is 50.7 Å². The highest BCUT2D eigenvalue weighted by atomic mass is 35.5. The van der Waals surface area contributed by atoms with Crippen LogP contribution < -0.4 is 9.62 Å². The van der Waals surface area contributed by atoms with E-state index in [1.165, 1.54) is 35.2 Å². The number of carbonyl (C=O) groups excluding carboxylic acids is 2. The molecule has 41 heavy (non-hydrogen) atoms. The van der Waals surface area contributed by atoms with Crippen LogP contribution in [0, 0.1) is 6.92 Å². The molecule has 1 aliphatic rings. The van der Waals surface area contributed by atoms with Crippen LogP contribution in [0.1, 0.15) is 50.2 Å². The largest absolute Gasteiger partial charge is 0.352 e. The molecular weight excluding hydrogens is 581 g/mol. The maximum Gasteiger partial charge on any atom is 0.264 e. The maximum absolute atomic E-state index is 14.2. The van der Waals surface area contributed by atoms with Crippen molar-refractivity contribution in [3.05, 3.63) is 94.0 Å². The van der Waals surface area contributed by atoms with Crippen LogP contribution in [0.4, 0.5) is 5.69 Å². The molecule has 1 N–H and O–H groups in total. The number of halogens is 2. The molecule has 3 aromatic carbocycles. The monoisotopic (exact) mass is 615 g/mol. The fourth-order valence-corrected chi connectivity index (χ4v) is 7.19. The minimum absolute atomic E-state index is 0.00953. The molecule has 0 saturated heterocycles. The lowest BCUT2D eigenvalue weighted by atomic mass is 10.1. The molecule has 10 heteroatoms. The predicted molar refractivity (Wildman–Crippen MR) is 164 cm³/mol. The highest BCUT2D eigenvalue weighted by Crippen LogP contribution is 2.33. The van der Waals surface area contributed by atoms with Crippen LogP contribution in [0.15, 0.2) is 77.7 Å². The van der Waals surface area contributed by atoms with E-state index >= 15 is 0 Å². The van der Waals surface area contributed by atoms with E-state index in [1.54, 1.807) is 18.2 Å². The number of hydrogen-bond donors (Lipinski definition) is 1. The second-order valence-corrected chi connectivity index (χ2v) is 13.0. The van der Waals surface area contributed by atoms with Gasteiger partial charge in [-0.2, -0.15) is 0 Å². The van der Waals surface area contributed by atoms with Crippen LogP contribution in [0.25, 0.3) is 0 Å². The fourth-order valence-electron chi connectivity index (χ4n) is 5.17. The van der Waals surface area contributed by atoms with E-state index in [-0.39, 0.29) is 34.1 Å². The molecule has 0 aliphatic heterocycles. The molecule has 1 saturated carbocycles. The lowest BCUT2D eigenvalue weighted by Gasteiger charge is -2.34. The standard InChI is InChI=1S/C31H35Cl2N3O4S/c1-3-28(31(38)34-25-13-9-10-14-25)35(20-23-12-8-7-11-22(23)2)30(37)21-36(29-18-17-24(32)19-27(29)33)41(39,40)26-15-5-4-6-16-26/h4-8,11-12,15-19,25,28H,3,9-10,13-14,20-21H2,1-2H3,(H,34,38)/t28-/m1/s1. The third-order valence-corrected chi connectivity index (χ3v) is 9.79. The summed E-state index contributed by atoms with van der Waals surface area (Å²) in [5.41, 5.74) is 1.95. The van der Waals surface area contributed by atoms with E-state index in [0.29, 0.717) is 11.4 Å². The van der Waals surface area contributed by atoms with Crippen LogP contribution >= 0.6 is 23.2 Å². The number of rotatable bonds is 11. The van der Waals surface area contributed by atoms with E-state index < -0.39 is 28.5 Å². The average molecular weight is 617 g/mol. The summed E-state index contributed by atoms with van der Waals surface area (Å²) in [6.45, 7) is 3.39. The number of hydrogen-bond acceptors (Lipinski definition) is 4. The number of anilines is 1. The van der Waals surface area contributed by atoms with Crippen LogP contribution in [-0.2, 0) is 26.2 Å². The Kier molecular flexibility index (Phi) is 10.3. The van der Waals surface area contributed by atoms with E-state index in [2.05, 4.69) is 5.32 Å². The Morgan fingerprint density at radius 1 is 0.976 bits per heavy atom. The molecule has 218 valence electrons. The molecule has 0 radical (unpaired) electrons. The molecule has 0 aromatic heterocycles. The summed E-state index contributed by atoms with van der Waals surface area (Å²) in [6, 6.07) is 19.2. The van der Waals surface area contributed by atoms with Crippen molar-refractivity contribution in [1.29, 1.82) is 0 Å². The Bertz CT molecular complexity index is 1480. The van der Waals surface area contributed by atoms with E-state index in [4.69, 9.17) is 23.2 Å². The molecule has 0 bridgehead atoms. The molecule has 1 fully saturated rings. The van der Waals surface area contributed by atoms with Gasteiger partial charge >= 0.3 is 0 Å². The summed E-state index contributed by atoms with van der Waals surface area (Å²) >= 11 is 12.6. The minimum atomic E-state index is -4.21. The molecule has 1 aliphatic carbocycles. The smallest absolute Gasteiger partial charge is 0.264 e. The molecule has 0 heterocycles. The summed E-state index contributed by atoms with van der Waals surface area (Å²) in [4.78, 5) is 29.3. The number of benzene rings is 3. The first kappa shape index (κ1) is 30.9. The number of aryl methyl sites for hydroxylation is 1. The third kappa shape index (κ3) is 7.42. The molecule has 7 nitrogen and oxygen atoms in total. The molecule has 0 unspecified atom stereocenters. The van der Waals surface area contributed by atoms with Crippen LogP contribution in [0.5, 0.6) is 0 Å². The summed E-state index contributed by atoms with van der Waals surface area (Å²) in [5.74, 6) is -0.754. The number of sulfonamides is 1. The first-order valence-corrected chi connectivity index (χ1v) is 16.0. The summed E-state index contributed by atoms with van der Waals surface area (Å²) in [7, 11) is -4.21. The number of carbonyl (C=O) groups is 2. The van der Waals surface area contributed by atoms with Crippen molar-refractivity contribution in [2.45, 2.75) is 69.5 Å². The fraction of sp³-hybridized carbons (Fsp3) is 0.355. The van der Waals surface area contributed by atoms with Gasteiger partial charge in [0.2, 0.25) is 11.8 Å². The maximum atomic E-state index is 14.2. The van der Waals surface area contributed by atoms with Gasteiger partial charge in [0.05, 0.1) is 15.6 Å². The van der Waals surface area contributed by atoms with Gasteiger partial charge in [-0.1, -0.05) is 85.4 Å². The minimum Gasteiger partial charge on any atom is -0.352 e. The molecule has 1 atom stereocenters. The zero-order chi connectivity index (χ0) is 29.6. The van der Waals surface area contributed by atoms with E-state index in [9.17, 15) is 18.0 Å². The van der Waals surface area contributed by atoms with Crippen molar-refractivity contribution in [2.75, 3.05) is 10.8 Å². The Hall–Kier alpha value is -3.07. The van der Waals surface area contributed by atoms with Gasteiger partial charge in [-0.05, 0) is 67.6 Å². The first-order chi connectivity index (χ1) is 19.6. The second kappa shape index (κ2) is 13.7. The highest BCUT2D eigenvalue weighted by molar-refractivity contribution is 7.92. The topological polar surface area (TPSA) is 86.8 Å². The van der Waals surface area contributed by atoms with Gasteiger partial charge in [-0.25, -0.2) is 8.42 Å². The number of nitrogens with zero attached hydrogens (tertiary/aromatic N) is 2. The lowest BCUT2D eigenvalue weighted by Crippen LogP contribution is -2.53. The first-order valence-electron chi connectivity index (χ1n) is 13.8. The zero-order valence-electron chi connectivity index (χ0n) is 23.2. The van der Waals surface area contributed by atoms with Crippen molar-refractivity contribution in [1.82, 2.24) is 10.2 Å². The SMILES string of the molecule is CC[C@H](C(=O)NC1CCCC1)N(Cc1ccccc1C)C(=O)CN(c1ccc(Cl)cc1Cl)S(=O)(=O)c1ccccc1. The zero-order valence-corrected chi connectivity index (χ0v) is 25.6. The van der Waals surface area contributed by atoms with Crippen LogP contribution in [0.3, 0.4) is 0 Å². The third-order valence-electron chi connectivity index (χ3n) is 7.48. The van der Waals surface area contributed by atoms with Crippen LogP contribution in [0.2, 0.25) is 10.0 Å². The van der Waals surface area contributed by atoms with Gasteiger partial charge in [0.25, 0.3) is 10.0 Å². The molecule has 3 aromatic rings. The van der Waals surface area contributed by atoms with Gasteiger partial charge in [0.15, 0.2) is 0 Å². The Labute approximate surface area is 252 Å². The van der Waals surface area contributed by atoms with E-state index in [1.807, 2.05) is 38.1 Å². The average Bonchev–Trinajstić information content (AvgIpc) is 3.46. The van der Waals surface area contributed by atoms with Crippen molar-refractivity contribution < 1.29 is 18.0 Å². The van der Waals surface area contributed by atoms with Crippen molar-refractivity contribution in [3.63, 3.8) is 0 Å². The predicted octanol–water partition coefficient (Wildman–Crippen LogP) is 6.36. The van der Waals surface area contributed by atoms with Gasteiger partial charge < -0.3 is 10.2 Å². The van der Waals surface area contributed by atoms with Gasteiger partial charge in [-0.15, -0.1) is 0 Å². The summed E-state index contributed by atoms with van der Waals surface area (Å²) in [6.07, 6.45) is 4.30. The van der Waals surface area contributed by atoms with Gasteiger partial charge in [-0.3, -0.25) is 13.9 Å². The number of amides is 2. The lowest BCUT2D eigenvalue weighted by molar-refractivity contribution is -0.140. The highest BCUT2D eigenvalue weighted by Gasteiger charge is 2.35. The molecular formula is C31H35Cl2N3O4S. The van der Waals surface area contributed by atoms with Gasteiger partial charge in [0.1, 0.15) is 12.6 Å². The molecule has 2 amide bonds. The summed E-state index contributed by atoms with van der Waals surface area (Å²) < 4.78 is 28.9. The summed E-state index contributed by atoms with van der Waals surface area (Å²) in [5, 5.41) is 3.54. The van der Waals surface area contributed by atoms with Gasteiger partial charge in [0, 0.05) is 17.6 Å².